The highest BCUT2D eigenvalue weighted by molar-refractivity contribution is 7.25. The number of nitrogens with zero attached hydrogens (tertiary/aromatic N) is 3. The molecule has 0 bridgehead atoms. The number of benzene rings is 12. The molecule has 0 N–H and O–H groups in total. The van der Waals surface area contributed by atoms with Crippen LogP contribution >= 0.6 is 11.3 Å². The predicted octanol–water partition coefficient (Wildman–Crippen LogP) is 19.7. The SMILES string of the molecule is c1ccc(-c2cc3c(c4ccccc24)c2cc4cc(-c5cc(N(c6ccccc6)c6ccccc6)cc(N(c6ccccc6)c6ccc7sc8ccccc8c7c6)c5)ccc4cc2n3-c2ccccc2)cc1. The minimum Gasteiger partial charge on any atom is -0.310 e. The van der Waals surface area contributed by atoms with Crippen molar-refractivity contribution in [3.8, 4) is 27.9 Å². The monoisotopic (exact) mass is 935 g/mol. The van der Waals surface area contributed by atoms with Crippen molar-refractivity contribution < 1.29 is 0 Å². The van der Waals surface area contributed by atoms with E-state index in [-0.39, 0.29) is 0 Å². The minimum atomic E-state index is 1.06. The highest BCUT2D eigenvalue weighted by Crippen LogP contribution is 2.47. The summed E-state index contributed by atoms with van der Waals surface area (Å²) in [6.45, 7) is 0. The molecule has 0 atom stereocenters. The zero-order valence-electron chi connectivity index (χ0n) is 39.2. The number of anilines is 6. The molecule has 0 amide bonds. The first-order chi connectivity index (χ1) is 35.7. The van der Waals surface area contributed by atoms with Crippen LogP contribution in [0.5, 0.6) is 0 Å². The third-order valence-electron chi connectivity index (χ3n) is 14.2. The first kappa shape index (κ1) is 41.7. The number of hydrogen-bond acceptors (Lipinski definition) is 3. The van der Waals surface area contributed by atoms with Crippen molar-refractivity contribution in [2.24, 2.45) is 0 Å². The van der Waals surface area contributed by atoms with E-state index in [1.165, 1.54) is 74.6 Å². The van der Waals surface area contributed by atoms with Crippen molar-refractivity contribution in [1.82, 2.24) is 4.57 Å². The number of aromatic nitrogens is 1. The fourth-order valence-electron chi connectivity index (χ4n) is 11.0. The Hall–Kier alpha value is -9.22. The van der Waals surface area contributed by atoms with Crippen LogP contribution in [0.3, 0.4) is 0 Å². The van der Waals surface area contributed by atoms with E-state index in [2.05, 4.69) is 287 Å². The quantitative estimate of drug-likeness (QED) is 0.143. The molecule has 4 heteroatoms. The molecule has 0 aliphatic rings. The van der Waals surface area contributed by atoms with Crippen LogP contribution in [0.4, 0.5) is 34.1 Å². The molecule has 0 spiro atoms. The van der Waals surface area contributed by atoms with Gasteiger partial charge >= 0.3 is 0 Å². The maximum atomic E-state index is 2.46. The summed E-state index contributed by atoms with van der Waals surface area (Å²) in [5, 5.41) is 9.91. The molecule has 338 valence electrons. The van der Waals surface area contributed by atoms with Gasteiger partial charge in [0, 0.05) is 70.8 Å². The van der Waals surface area contributed by atoms with E-state index < -0.39 is 0 Å². The van der Waals surface area contributed by atoms with Gasteiger partial charge in [-0.15, -0.1) is 11.3 Å². The molecule has 0 radical (unpaired) electrons. The first-order valence-corrected chi connectivity index (χ1v) is 25.4. The molecule has 14 rings (SSSR count). The van der Waals surface area contributed by atoms with Crippen molar-refractivity contribution in [2.45, 2.75) is 0 Å². The van der Waals surface area contributed by atoms with Gasteiger partial charge < -0.3 is 14.4 Å². The molecule has 0 fully saturated rings. The van der Waals surface area contributed by atoms with Crippen LogP contribution in [-0.4, -0.2) is 4.57 Å². The average Bonchev–Trinajstić information content (AvgIpc) is 3.98. The smallest absolute Gasteiger partial charge is 0.0553 e. The number of hydrogen-bond donors (Lipinski definition) is 0. The summed E-state index contributed by atoms with van der Waals surface area (Å²) in [5.74, 6) is 0. The van der Waals surface area contributed by atoms with Crippen LogP contribution in [0.2, 0.25) is 0 Å². The van der Waals surface area contributed by atoms with Crippen molar-refractivity contribution in [3.05, 3.63) is 273 Å². The van der Waals surface area contributed by atoms with Crippen molar-refractivity contribution in [1.29, 1.82) is 0 Å². The molecule has 3 nitrogen and oxygen atoms in total. The van der Waals surface area contributed by atoms with Gasteiger partial charge in [0.1, 0.15) is 0 Å². The molecule has 0 aliphatic carbocycles. The summed E-state index contributed by atoms with van der Waals surface area (Å²) in [5.41, 5.74) is 14.7. The van der Waals surface area contributed by atoms with E-state index in [1.807, 2.05) is 11.3 Å². The molecule has 72 heavy (non-hydrogen) atoms. The number of fused-ring (bicyclic) bond motifs is 9. The van der Waals surface area contributed by atoms with Gasteiger partial charge in [0.25, 0.3) is 0 Å². The van der Waals surface area contributed by atoms with Gasteiger partial charge in [-0.25, -0.2) is 0 Å². The third kappa shape index (κ3) is 7.11. The van der Waals surface area contributed by atoms with Gasteiger partial charge in [-0.05, 0) is 159 Å². The average molecular weight is 936 g/mol. The third-order valence-corrected chi connectivity index (χ3v) is 15.4. The van der Waals surface area contributed by atoms with Crippen molar-refractivity contribution >= 4 is 109 Å². The molecule has 0 saturated heterocycles. The second-order valence-electron chi connectivity index (χ2n) is 18.5. The molecule has 0 unspecified atom stereocenters. The summed E-state index contributed by atoms with van der Waals surface area (Å²) < 4.78 is 5.04. The Kier molecular flexibility index (Phi) is 10.0. The van der Waals surface area contributed by atoms with E-state index in [0.717, 1.165) is 50.9 Å². The van der Waals surface area contributed by atoms with E-state index in [4.69, 9.17) is 0 Å². The molecule has 12 aromatic carbocycles. The Morgan fingerprint density at radius 2 is 0.833 bits per heavy atom. The van der Waals surface area contributed by atoms with Crippen LogP contribution in [0, 0.1) is 0 Å². The predicted molar refractivity (Wildman–Crippen MR) is 309 cm³/mol. The molecule has 0 aliphatic heterocycles. The van der Waals surface area contributed by atoms with Gasteiger partial charge in [-0.2, -0.15) is 0 Å². The van der Waals surface area contributed by atoms with Crippen molar-refractivity contribution in [2.75, 3.05) is 9.80 Å². The maximum Gasteiger partial charge on any atom is 0.0553 e. The van der Waals surface area contributed by atoms with Crippen LogP contribution < -0.4 is 9.80 Å². The van der Waals surface area contributed by atoms with Crippen LogP contribution in [0.1, 0.15) is 0 Å². The lowest BCUT2D eigenvalue weighted by Crippen LogP contribution is -2.13. The lowest BCUT2D eigenvalue weighted by Gasteiger charge is -2.30. The van der Waals surface area contributed by atoms with Gasteiger partial charge in [-0.3, -0.25) is 0 Å². The van der Waals surface area contributed by atoms with Gasteiger partial charge in [0.2, 0.25) is 0 Å². The molecule has 14 aromatic rings. The number of thiophene rings is 1. The lowest BCUT2D eigenvalue weighted by atomic mass is 9.94. The number of rotatable bonds is 9. The van der Waals surface area contributed by atoms with Crippen molar-refractivity contribution in [3.63, 3.8) is 0 Å². The molecule has 0 saturated carbocycles. The second-order valence-corrected chi connectivity index (χ2v) is 19.6. The highest BCUT2D eigenvalue weighted by Gasteiger charge is 2.22. The zero-order valence-corrected chi connectivity index (χ0v) is 40.0. The minimum absolute atomic E-state index is 1.06. The topological polar surface area (TPSA) is 11.4 Å². The number of para-hydroxylation sites is 4. The Balaban J connectivity index is 1.02. The van der Waals surface area contributed by atoms with E-state index in [9.17, 15) is 0 Å². The van der Waals surface area contributed by atoms with Gasteiger partial charge in [0.05, 0.1) is 11.0 Å². The second kappa shape index (κ2) is 17.3. The maximum absolute atomic E-state index is 2.46. The van der Waals surface area contributed by atoms with Crippen LogP contribution in [0.15, 0.2) is 273 Å². The Bertz CT molecular complexity index is 4280. The van der Waals surface area contributed by atoms with E-state index >= 15 is 0 Å². The summed E-state index contributed by atoms with van der Waals surface area (Å²) in [6, 6.07) is 99.9. The Morgan fingerprint density at radius 3 is 1.50 bits per heavy atom. The molecular weight excluding hydrogens is 891 g/mol. The normalized spacial score (nSPS) is 11.6. The fraction of sp³-hybridized carbons (Fsp3) is 0. The fourth-order valence-corrected chi connectivity index (χ4v) is 12.1. The van der Waals surface area contributed by atoms with E-state index in [1.54, 1.807) is 0 Å². The lowest BCUT2D eigenvalue weighted by molar-refractivity contribution is 1.18. The Morgan fingerprint density at radius 1 is 0.278 bits per heavy atom. The Labute approximate surface area is 422 Å². The zero-order chi connectivity index (χ0) is 47.5. The molecular formula is C68H45N3S. The summed E-state index contributed by atoms with van der Waals surface area (Å²) in [7, 11) is 0. The highest BCUT2D eigenvalue weighted by atomic mass is 32.1. The van der Waals surface area contributed by atoms with E-state index in [0.29, 0.717) is 0 Å². The van der Waals surface area contributed by atoms with Crippen LogP contribution in [-0.2, 0) is 0 Å². The summed E-state index contributed by atoms with van der Waals surface area (Å²) in [4.78, 5) is 4.80. The first-order valence-electron chi connectivity index (χ1n) is 24.6. The largest absolute Gasteiger partial charge is 0.310 e. The summed E-state index contributed by atoms with van der Waals surface area (Å²) in [6.07, 6.45) is 0. The van der Waals surface area contributed by atoms with Gasteiger partial charge in [0.15, 0.2) is 0 Å². The molecule has 2 heterocycles. The van der Waals surface area contributed by atoms with Crippen LogP contribution in [0.25, 0.3) is 91.5 Å². The molecule has 2 aromatic heterocycles. The standard InChI is InChI=1S/C68H45N3S/c1-6-20-46(21-7-1)61-45-65-68(60-32-17-16-30-58(60)61)63-41-49-38-47(34-35-48(49)42-64(63)71(65)54-28-14-5-15-29-54)50-39-56(69(51-22-8-2-9-23-51)52-24-10-3-11-25-52)43-57(40-50)70(53-26-12-4-13-27-53)55-36-37-67-62(44-55)59-31-18-19-33-66(59)72-67/h1-45H. The van der Waals surface area contributed by atoms with Gasteiger partial charge in [-0.1, -0.05) is 158 Å². The summed E-state index contributed by atoms with van der Waals surface area (Å²) >= 11 is 1.85.